The van der Waals surface area contributed by atoms with E-state index in [9.17, 15) is 0 Å². The van der Waals surface area contributed by atoms with Crippen LogP contribution in [0, 0.1) is 6.92 Å². The second-order valence-electron chi connectivity index (χ2n) is 5.60. The number of halogens is 1. The van der Waals surface area contributed by atoms with Crippen LogP contribution >= 0.6 is 15.9 Å². The van der Waals surface area contributed by atoms with E-state index in [-0.39, 0.29) is 6.04 Å². The van der Waals surface area contributed by atoms with Gasteiger partial charge in [-0.1, -0.05) is 57.9 Å². The number of nitrogens with zero attached hydrogens (tertiary/aromatic N) is 3. The van der Waals surface area contributed by atoms with Crippen molar-refractivity contribution >= 4 is 27.6 Å². The van der Waals surface area contributed by atoms with Crippen LogP contribution in [0.5, 0.6) is 0 Å². The third kappa shape index (κ3) is 2.68. The number of nitrogens with one attached hydrogen (secondary N) is 1. The molecular formula is C18H15BrN4. The van der Waals surface area contributed by atoms with Gasteiger partial charge in [0.15, 0.2) is 0 Å². The molecule has 23 heavy (non-hydrogen) atoms. The maximum absolute atomic E-state index is 4.37. The van der Waals surface area contributed by atoms with Crippen molar-refractivity contribution in [2.45, 2.75) is 13.0 Å². The lowest BCUT2D eigenvalue weighted by Crippen LogP contribution is -2.20. The largest absolute Gasteiger partial charge is 0.324 e. The van der Waals surface area contributed by atoms with Gasteiger partial charge >= 0.3 is 0 Å². The maximum atomic E-state index is 4.37. The summed E-state index contributed by atoms with van der Waals surface area (Å²) >= 11 is 3.48. The molecular weight excluding hydrogens is 352 g/mol. The van der Waals surface area contributed by atoms with E-state index in [2.05, 4.69) is 80.7 Å². The Balaban J connectivity index is 1.79. The third-order valence-electron chi connectivity index (χ3n) is 3.98. The number of fused-ring (bicyclic) bond motifs is 1. The maximum Gasteiger partial charge on any atom is 0.226 e. The van der Waals surface area contributed by atoms with Gasteiger partial charge in [0.25, 0.3) is 0 Å². The van der Waals surface area contributed by atoms with Crippen molar-refractivity contribution in [3.05, 3.63) is 82.1 Å². The van der Waals surface area contributed by atoms with Crippen LogP contribution in [0.3, 0.4) is 0 Å². The zero-order valence-electron chi connectivity index (χ0n) is 12.6. The minimum absolute atomic E-state index is 0.0352. The molecule has 0 aliphatic carbocycles. The summed E-state index contributed by atoms with van der Waals surface area (Å²) in [5.74, 6) is 0.760. The Kier molecular flexibility index (Phi) is 3.50. The summed E-state index contributed by atoms with van der Waals surface area (Å²) in [5.41, 5.74) is 4.61. The van der Waals surface area contributed by atoms with Crippen LogP contribution in [0.4, 0.5) is 5.95 Å². The summed E-state index contributed by atoms with van der Waals surface area (Å²) in [7, 11) is 0. The summed E-state index contributed by atoms with van der Waals surface area (Å²) in [6.07, 6.45) is 3.78. The first-order valence-electron chi connectivity index (χ1n) is 7.41. The van der Waals surface area contributed by atoms with E-state index < -0.39 is 0 Å². The van der Waals surface area contributed by atoms with E-state index in [1.807, 2.05) is 16.8 Å². The van der Waals surface area contributed by atoms with Gasteiger partial charge in [-0.05, 0) is 36.3 Å². The molecule has 4 rings (SSSR count). The normalized spacial score (nSPS) is 16.4. The van der Waals surface area contributed by atoms with Gasteiger partial charge in [-0.25, -0.2) is 4.68 Å². The average Bonchev–Trinajstić information content (AvgIpc) is 3.04. The minimum Gasteiger partial charge on any atom is -0.324 e. The Morgan fingerprint density at radius 2 is 1.78 bits per heavy atom. The summed E-state index contributed by atoms with van der Waals surface area (Å²) in [6, 6.07) is 16.8. The number of hydrogen-bond donors (Lipinski definition) is 1. The van der Waals surface area contributed by atoms with Crippen LogP contribution < -0.4 is 5.32 Å². The second kappa shape index (κ2) is 5.66. The van der Waals surface area contributed by atoms with E-state index in [1.54, 1.807) is 6.33 Å². The minimum atomic E-state index is 0.0352. The molecule has 0 spiro atoms. The van der Waals surface area contributed by atoms with Gasteiger partial charge in [0.2, 0.25) is 5.95 Å². The molecule has 0 radical (unpaired) electrons. The van der Waals surface area contributed by atoms with Gasteiger partial charge in [-0.15, -0.1) is 0 Å². The fraction of sp³-hybridized carbons (Fsp3) is 0.111. The Labute approximate surface area is 143 Å². The molecule has 1 N–H and O–H groups in total. The monoisotopic (exact) mass is 366 g/mol. The van der Waals surface area contributed by atoms with Gasteiger partial charge in [0, 0.05) is 10.2 Å². The van der Waals surface area contributed by atoms with Crippen molar-refractivity contribution in [1.29, 1.82) is 0 Å². The predicted molar refractivity (Wildman–Crippen MR) is 95.1 cm³/mol. The summed E-state index contributed by atoms with van der Waals surface area (Å²) < 4.78 is 2.98. The van der Waals surface area contributed by atoms with Crippen molar-refractivity contribution in [3.8, 4) is 0 Å². The van der Waals surface area contributed by atoms with E-state index >= 15 is 0 Å². The topological polar surface area (TPSA) is 42.7 Å². The quantitative estimate of drug-likeness (QED) is 0.730. The average molecular weight is 367 g/mol. The molecule has 5 heteroatoms. The molecule has 1 aliphatic heterocycles. The first kappa shape index (κ1) is 14.2. The molecule has 1 aromatic heterocycles. The molecule has 2 heterocycles. The SMILES string of the molecule is Cc1ccc(C2C=C(c3ccc(Br)cc3)Nc3ncnn32)cc1. The van der Waals surface area contributed by atoms with Crippen LogP contribution in [-0.4, -0.2) is 14.8 Å². The van der Waals surface area contributed by atoms with E-state index in [0.717, 1.165) is 21.7 Å². The van der Waals surface area contributed by atoms with E-state index in [1.165, 1.54) is 11.1 Å². The van der Waals surface area contributed by atoms with Crippen LogP contribution in [0.1, 0.15) is 22.7 Å². The molecule has 0 amide bonds. The highest BCUT2D eigenvalue weighted by molar-refractivity contribution is 9.10. The van der Waals surface area contributed by atoms with Crippen molar-refractivity contribution in [2.24, 2.45) is 0 Å². The molecule has 0 fully saturated rings. The van der Waals surface area contributed by atoms with Crippen LogP contribution in [0.25, 0.3) is 5.70 Å². The highest BCUT2D eigenvalue weighted by Gasteiger charge is 2.23. The zero-order chi connectivity index (χ0) is 15.8. The lowest BCUT2D eigenvalue weighted by atomic mass is 10.0. The first-order valence-corrected chi connectivity index (χ1v) is 8.21. The first-order chi connectivity index (χ1) is 11.2. The molecule has 1 atom stereocenters. The molecule has 2 aromatic carbocycles. The molecule has 114 valence electrons. The van der Waals surface area contributed by atoms with Crippen molar-refractivity contribution in [2.75, 3.05) is 5.32 Å². The lowest BCUT2D eigenvalue weighted by molar-refractivity contribution is 0.612. The molecule has 0 bridgehead atoms. The Bertz CT molecular complexity index is 863. The number of benzene rings is 2. The molecule has 0 saturated carbocycles. The van der Waals surface area contributed by atoms with Gasteiger partial charge < -0.3 is 5.32 Å². The Morgan fingerprint density at radius 3 is 2.52 bits per heavy atom. The third-order valence-corrected chi connectivity index (χ3v) is 4.51. The zero-order valence-corrected chi connectivity index (χ0v) is 14.2. The van der Waals surface area contributed by atoms with Crippen molar-refractivity contribution in [3.63, 3.8) is 0 Å². The number of aryl methyl sites for hydroxylation is 1. The standard InChI is InChI=1S/C18H15BrN4/c1-12-2-4-14(5-3-12)17-10-16(13-6-8-15(19)9-7-13)22-18-20-11-21-23(17)18/h2-11,17H,1H3,(H,20,21,22). The van der Waals surface area contributed by atoms with Crippen LogP contribution in [0.2, 0.25) is 0 Å². The number of aromatic nitrogens is 3. The van der Waals surface area contributed by atoms with Crippen molar-refractivity contribution in [1.82, 2.24) is 14.8 Å². The molecule has 1 aliphatic rings. The van der Waals surface area contributed by atoms with E-state index in [4.69, 9.17) is 0 Å². The number of hydrogen-bond acceptors (Lipinski definition) is 3. The summed E-state index contributed by atoms with van der Waals surface area (Å²) in [4.78, 5) is 4.33. The van der Waals surface area contributed by atoms with Gasteiger partial charge in [-0.3, -0.25) is 0 Å². The molecule has 4 nitrogen and oxygen atoms in total. The number of rotatable bonds is 2. The van der Waals surface area contributed by atoms with Gasteiger partial charge in [0.05, 0.1) is 0 Å². The van der Waals surface area contributed by atoms with Gasteiger partial charge in [-0.2, -0.15) is 10.1 Å². The second-order valence-corrected chi connectivity index (χ2v) is 6.51. The predicted octanol–water partition coefficient (Wildman–Crippen LogP) is 4.41. The molecule has 1 unspecified atom stereocenters. The number of allylic oxidation sites excluding steroid dienone is 1. The fourth-order valence-corrected chi connectivity index (χ4v) is 3.00. The van der Waals surface area contributed by atoms with Crippen molar-refractivity contribution < 1.29 is 0 Å². The Hall–Kier alpha value is -2.40. The summed E-state index contributed by atoms with van der Waals surface area (Å²) in [6.45, 7) is 2.09. The highest BCUT2D eigenvalue weighted by Crippen LogP contribution is 2.32. The van der Waals surface area contributed by atoms with E-state index in [0.29, 0.717) is 0 Å². The van der Waals surface area contributed by atoms with Gasteiger partial charge in [0.1, 0.15) is 12.4 Å². The fourth-order valence-electron chi connectivity index (χ4n) is 2.73. The smallest absolute Gasteiger partial charge is 0.226 e. The van der Waals surface area contributed by atoms with Crippen LogP contribution in [-0.2, 0) is 0 Å². The lowest BCUT2D eigenvalue weighted by Gasteiger charge is -2.24. The van der Waals surface area contributed by atoms with Crippen LogP contribution in [0.15, 0.2) is 65.4 Å². The molecule has 0 saturated heterocycles. The number of anilines is 1. The molecule has 3 aromatic rings. The Morgan fingerprint density at radius 1 is 1.04 bits per heavy atom. The highest BCUT2D eigenvalue weighted by atomic mass is 79.9. The summed E-state index contributed by atoms with van der Waals surface area (Å²) in [5, 5.41) is 7.73.